The maximum Gasteiger partial charge on any atom is 0.0468 e. The molecule has 352 valence electrons. The molecule has 0 heterocycles. The zero-order valence-electron chi connectivity index (χ0n) is 43.1. The zero-order valence-corrected chi connectivity index (χ0v) is 43.1. The average Bonchev–Trinajstić information content (AvgIpc) is 3.63. The third kappa shape index (κ3) is 7.69. The number of fused-ring (bicyclic) bond motifs is 9. The second-order valence-electron chi connectivity index (χ2n) is 22.8. The summed E-state index contributed by atoms with van der Waals surface area (Å²) in [5, 5.41) is 7.65. The molecule has 0 amide bonds. The van der Waals surface area contributed by atoms with Crippen molar-refractivity contribution in [2.75, 3.05) is 4.90 Å². The van der Waals surface area contributed by atoms with Gasteiger partial charge >= 0.3 is 0 Å². The molecule has 0 spiro atoms. The van der Waals surface area contributed by atoms with E-state index in [1.54, 1.807) is 0 Å². The van der Waals surface area contributed by atoms with Crippen molar-refractivity contribution in [1.82, 2.24) is 0 Å². The molecular weight excluding hydrogens is 867 g/mol. The van der Waals surface area contributed by atoms with Crippen molar-refractivity contribution in [3.05, 3.63) is 240 Å². The lowest BCUT2D eigenvalue weighted by Gasteiger charge is -2.29. The van der Waals surface area contributed by atoms with E-state index >= 15 is 0 Å². The Morgan fingerprint density at radius 3 is 1.62 bits per heavy atom. The Bertz CT molecular complexity index is 3740. The molecule has 0 bridgehead atoms. The van der Waals surface area contributed by atoms with E-state index in [0.717, 1.165) is 29.9 Å². The third-order valence-corrected chi connectivity index (χ3v) is 15.9. The molecule has 10 aromatic rings. The van der Waals surface area contributed by atoms with Crippen molar-refractivity contribution in [3.63, 3.8) is 0 Å². The van der Waals surface area contributed by atoms with Crippen LogP contribution in [-0.4, -0.2) is 0 Å². The predicted octanol–water partition coefficient (Wildman–Crippen LogP) is 20.3. The van der Waals surface area contributed by atoms with Gasteiger partial charge < -0.3 is 4.90 Å². The molecule has 0 unspecified atom stereocenters. The number of anilines is 3. The van der Waals surface area contributed by atoms with E-state index in [9.17, 15) is 0 Å². The fraction of sp³-hybridized carbons (Fsp3) is 0.183. The molecule has 2 aliphatic rings. The monoisotopic (exact) mass is 929 g/mol. The summed E-state index contributed by atoms with van der Waals surface area (Å²) in [4.78, 5) is 2.44. The molecule has 10 aromatic carbocycles. The summed E-state index contributed by atoms with van der Waals surface area (Å²) in [5.74, 6) is 0. The predicted molar refractivity (Wildman–Crippen MR) is 311 cm³/mol. The smallest absolute Gasteiger partial charge is 0.0468 e. The van der Waals surface area contributed by atoms with Crippen molar-refractivity contribution in [2.45, 2.75) is 84.5 Å². The summed E-state index contributed by atoms with van der Waals surface area (Å²) in [5.41, 5.74) is 21.7. The van der Waals surface area contributed by atoms with E-state index in [2.05, 4.69) is 273 Å². The highest BCUT2D eigenvalue weighted by molar-refractivity contribution is 6.32. The normalized spacial score (nSPS) is 14.1. The molecule has 12 rings (SSSR count). The number of hydrogen-bond donors (Lipinski definition) is 0. The van der Waals surface area contributed by atoms with Gasteiger partial charge in [0.2, 0.25) is 0 Å². The van der Waals surface area contributed by atoms with Crippen LogP contribution in [-0.2, 0) is 16.2 Å². The maximum absolute atomic E-state index is 2.52. The van der Waals surface area contributed by atoms with Crippen LogP contribution in [0.4, 0.5) is 17.1 Å². The van der Waals surface area contributed by atoms with Crippen molar-refractivity contribution in [2.24, 2.45) is 0 Å². The number of nitrogens with zero attached hydrogens (tertiary/aromatic N) is 1. The van der Waals surface area contributed by atoms with E-state index in [-0.39, 0.29) is 16.2 Å². The number of benzene rings is 10. The molecule has 0 aliphatic heterocycles. The summed E-state index contributed by atoms with van der Waals surface area (Å²) in [6.07, 6.45) is 8.94. The molecule has 0 atom stereocenters. The lowest BCUT2D eigenvalue weighted by molar-refractivity contribution is 0.590. The van der Waals surface area contributed by atoms with Crippen LogP contribution < -0.4 is 4.90 Å². The highest BCUT2D eigenvalue weighted by Gasteiger charge is 2.35. The fourth-order valence-corrected chi connectivity index (χ4v) is 11.9. The minimum atomic E-state index is -0.0572. The SMILES string of the molecule is CC(C)(C)c1ccc(N(c2ccc(C(C)(C)C)cc2)c2ccc3c(c2)c2ccccc2c2c(C4=CC=CCC4)cc(-c4ccc(-c5ccc6c(c5)C(C)(C)c5ccccc5-6)cc4)c(-c4ccccc4)c32)cc1. The minimum absolute atomic E-state index is 0.0496. The van der Waals surface area contributed by atoms with Gasteiger partial charge in [0, 0.05) is 22.5 Å². The Balaban J connectivity index is 1.10. The number of rotatable bonds is 7. The van der Waals surface area contributed by atoms with E-state index in [0.29, 0.717) is 0 Å². The first-order valence-corrected chi connectivity index (χ1v) is 26.0. The highest BCUT2D eigenvalue weighted by atomic mass is 15.1. The van der Waals surface area contributed by atoms with Gasteiger partial charge in [0.25, 0.3) is 0 Å². The Labute approximate surface area is 426 Å². The summed E-state index contributed by atoms with van der Waals surface area (Å²) in [7, 11) is 0. The first kappa shape index (κ1) is 45.4. The molecule has 0 saturated heterocycles. The Morgan fingerprint density at radius 1 is 0.403 bits per heavy atom. The summed E-state index contributed by atoms with van der Waals surface area (Å²) >= 11 is 0. The molecule has 0 fully saturated rings. The van der Waals surface area contributed by atoms with Crippen molar-refractivity contribution in [3.8, 4) is 44.5 Å². The Kier molecular flexibility index (Phi) is 10.9. The van der Waals surface area contributed by atoms with Gasteiger partial charge in [-0.15, -0.1) is 0 Å². The number of allylic oxidation sites excluding steroid dienone is 4. The van der Waals surface area contributed by atoms with Crippen molar-refractivity contribution in [1.29, 1.82) is 0 Å². The topological polar surface area (TPSA) is 3.24 Å². The minimum Gasteiger partial charge on any atom is -0.310 e. The van der Waals surface area contributed by atoms with Gasteiger partial charge in [-0.25, -0.2) is 0 Å². The molecule has 0 saturated carbocycles. The molecule has 72 heavy (non-hydrogen) atoms. The molecule has 0 radical (unpaired) electrons. The molecule has 0 aromatic heterocycles. The standard InChI is InChI=1S/C71H63N/c1-69(2,3)51-32-36-53(37-33-51)72(54-38-34-52(35-39-54)70(4,5)6)55-40-42-60-63(44-55)56-23-15-16-25-59(56)67-62(47-19-11-9-12-20-47)45-61(66(68(60)67)49-21-13-10-14-22-49)48-29-27-46(28-30-48)50-31-41-58-57-24-17-18-26-64(57)71(7,8)65(58)43-50/h9-11,13-19,21-45H,12,20H2,1-8H3. The second-order valence-corrected chi connectivity index (χ2v) is 22.8. The Morgan fingerprint density at radius 2 is 0.972 bits per heavy atom. The zero-order chi connectivity index (χ0) is 49.5. The van der Waals surface area contributed by atoms with Crippen LogP contribution >= 0.6 is 0 Å². The lowest BCUT2D eigenvalue weighted by atomic mass is 9.80. The molecule has 1 heteroatoms. The van der Waals surface area contributed by atoms with Gasteiger partial charge in [-0.3, -0.25) is 0 Å². The van der Waals surface area contributed by atoms with Crippen LogP contribution in [0.5, 0.6) is 0 Å². The first-order chi connectivity index (χ1) is 34.7. The number of hydrogen-bond acceptors (Lipinski definition) is 1. The molecule has 2 aliphatic carbocycles. The van der Waals surface area contributed by atoms with Gasteiger partial charge in [-0.2, -0.15) is 0 Å². The summed E-state index contributed by atoms with van der Waals surface area (Å²) < 4.78 is 0. The van der Waals surface area contributed by atoms with Gasteiger partial charge in [0.05, 0.1) is 0 Å². The van der Waals surface area contributed by atoms with Crippen LogP contribution in [0.25, 0.3) is 82.4 Å². The van der Waals surface area contributed by atoms with Crippen LogP contribution in [0.2, 0.25) is 0 Å². The van der Waals surface area contributed by atoms with E-state index in [1.807, 2.05) is 0 Å². The van der Waals surface area contributed by atoms with Gasteiger partial charge in [0.15, 0.2) is 0 Å². The van der Waals surface area contributed by atoms with Crippen molar-refractivity contribution >= 4 is 55.0 Å². The van der Waals surface area contributed by atoms with Crippen LogP contribution in [0, 0.1) is 0 Å². The summed E-state index contributed by atoms with van der Waals surface area (Å²) in [6, 6.07) is 73.9. The maximum atomic E-state index is 2.52. The fourth-order valence-electron chi connectivity index (χ4n) is 11.9. The van der Waals surface area contributed by atoms with E-state index < -0.39 is 0 Å². The molecule has 0 N–H and O–H groups in total. The quantitative estimate of drug-likeness (QED) is 0.144. The van der Waals surface area contributed by atoms with E-state index in [1.165, 1.54) is 110 Å². The van der Waals surface area contributed by atoms with Gasteiger partial charge in [-0.1, -0.05) is 219 Å². The third-order valence-electron chi connectivity index (χ3n) is 15.9. The van der Waals surface area contributed by atoms with E-state index in [4.69, 9.17) is 0 Å². The van der Waals surface area contributed by atoms with Gasteiger partial charge in [0.1, 0.15) is 0 Å². The largest absolute Gasteiger partial charge is 0.310 e. The second kappa shape index (κ2) is 17.2. The molecule has 1 nitrogen and oxygen atoms in total. The van der Waals surface area contributed by atoms with Crippen LogP contribution in [0.1, 0.15) is 96.0 Å². The highest BCUT2D eigenvalue weighted by Crippen LogP contribution is 2.52. The van der Waals surface area contributed by atoms with Crippen LogP contribution in [0.3, 0.4) is 0 Å². The van der Waals surface area contributed by atoms with Crippen LogP contribution in [0.15, 0.2) is 212 Å². The summed E-state index contributed by atoms with van der Waals surface area (Å²) in [6.45, 7) is 18.5. The Hall–Kier alpha value is -7.74. The average molecular weight is 930 g/mol. The van der Waals surface area contributed by atoms with Gasteiger partial charge in [-0.05, 0) is 182 Å². The molecular formula is C71H63N. The first-order valence-electron chi connectivity index (χ1n) is 26.0. The van der Waals surface area contributed by atoms with Crippen molar-refractivity contribution < 1.29 is 0 Å². The lowest BCUT2D eigenvalue weighted by Crippen LogP contribution is -2.14.